The lowest BCUT2D eigenvalue weighted by atomic mass is 9.90. The number of methoxy groups -OCH3 is 1. The van der Waals surface area contributed by atoms with Gasteiger partial charge in [-0.05, 0) is 38.6 Å². The average molecular weight is 392 g/mol. The molecule has 2 aromatic carbocycles. The van der Waals surface area contributed by atoms with Gasteiger partial charge in [0.25, 0.3) is 0 Å². The molecule has 1 spiro atoms. The van der Waals surface area contributed by atoms with E-state index < -0.39 is 5.72 Å². The van der Waals surface area contributed by atoms with Crippen molar-refractivity contribution in [1.29, 1.82) is 0 Å². The maximum absolute atomic E-state index is 6.75. The van der Waals surface area contributed by atoms with E-state index in [0.29, 0.717) is 0 Å². The van der Waals surface area contributed by atoms with E-state index in [-0.39, 0.29) is 6.04 Å². The number of hydrogen-bond acceptors (Lipinski definition) is 5. The van der Waals surface area contributed by atoms with Crippen molar-refractivity contribution in [1.82, 2.24) is 9.91 Å². The first-order valence-electron chi connectivity index (χ1n) is 10.5. The van der Waals surface area contributed by atoms with Crippen molar-refractivity contribution in [2.24, 2.45) is 5.10 Å². The largest absolute Gasteiger partial charge is 0.493 e. The van der Waals surface area contributed by atoms with Crippen molar-refractivity contribution in [2.75, 3.05) is 27.2 Å². The molecule has 5 heteroatoms. The number of aryl methyl sites for hydroxylation is 2. The maximum atomic E-state index is 6.75. The summed E-state index contributed by atoms with van der Waals surface area (Å²) in [5.41, 5.74) is 5.74. The lowest BCUT2D eigenvalue weighted by Gasteiger charge is -2.50. The summed E-state index contributed by atoms with van der Waals surface area (Å²) < 4.78 is 12.4. The molecular weight excluding hydrogens is 362 g/mol. The van der Waals surface area contributed by atoms with Crippen LogP contribution in [-0.4, -0.2) is 48.6 Å². The Morgan fingerprint density at radius 2 is 1.93 bits per heavy atom. The number of ether oxygens (including phenoxy) is 2. The zero-order valence-corrected chi connectivity index (χ0v) is 17.7. The summed E-state index contributed by atoms with van der Waals surface area (Å²) >= 11 is 0. The van der Waals surface area contributed by atoms with Crippen LogP contribution in [0.1, 0.15) is 47.6 Å². The van der Waals surface area contributed by atoms with Gasteiger partial charge in [-0.25, -0.2) is 5.01 Å². The summed E-state index contributed by atoms with van der Waals surface area (Å²) in [6.07, 6.45) is 2.76. The van der Waals surface area contributed by atoms with Crippen LogP contribution in [-0.2, 0) is 0 Å². The minimum absolute atomic E-state index is 0.187. The number of piperidine rings is 1. The van der Waals surface area contributed by atoms with E-state index in [1.807, 2.05) is 6.07 Å². The molecular formula is C24H29N3O2. The Morgan fingerprint density at radius 1 is 1.14 bits per heavy atom. The second kappa shape index (κ2) is 6.77. The lowest BCUT2D eigenvalue weighted by molar-refractivity contribution is -0.148. The summed E-state index contributed by atoms with van der Waals surface area (Å²) in [6, 6.07) is 13.0. The molecule has 3 heterocycles. The Hall–Kier alpha value is -2.53. The van der Waals surface area contributed by atoms with E-state index in [4.69, 9.17) is 14.6 Å². The quantitative estimate of drug-likeness (QED) is 0.766. The van der Waals surface area contributed by atoms with E-state index in [2.05, 4.69) is 61.1 Å². The fourth-order valence-electron chi connectivity index (χ4n) is 4.94. The van der Waals surface area contributed by atoms with Crippen LogP contribution in [0.3, 0.4) is 0 Å². The minimum atomic E-state index is -0.404. The minimum Gasteiger partial charge on any atom is -0.493 e. The third-order valence-electron chi connectivity index (χ3n) is 6.68. The summed E-state index contributed by atoms with van der Waals surface area (Å²) in [5.74, 6) is 1.72. The predicted molar refractivity (Wildman–Crippen MR) is 115 cm³/mol. The van der Waals surface area contributed by atoms with Crippen LogP contribution >= 0.6 is 0 Å². The molecule has 0 aliphatic carbocycles. The first kappa shape index (κ1) is 18.5. The van der Waals surface area contributed by atoms with E-state index in [0.717, 1.165) is 49.6 Å². The molecule has 1 saturated heterocycles. The molecule has 29 heavy (non-hydrogen) atoms. The number of para-hydroxylation sites is 1. The van der Waals surface area contributed by atoms with Gasteiger partial charge in [-0.2, -0.15) is 5.10 Å². The number of hydrogen-bond donors (Lipinski definition) is 0. The van der Waals surface area contributed by atoms with Crippen molar-refractivity contribution in [3.8, 4) is 11.5 Å². The van der Waals surface area contributed by atoms with E-state index in [1.165, 1.54) is 22.3 Å². The van der Waals surface area contributed by atoms with E-state index in [9.17, 15) is 0 Å². The Bertz CT molecular complexity index is 976. The zero-order valence-electron chi connectivity index (χ0n) is 17.7. The van der Waals surface area contributed by atoms with Gasteiger partial charge in [-0.1, -0.05) is 29.8 Å². The van der Waals surface area contributed by atoms with E-state index >= 15 is 0 Å². The van der Waals surface area contributed by atoms with Gasteiger partial charge in [0.2, 0.25) is 5.72 Å². The molecule has 2 aromatic rings. The van der Waals surface area contributed by atoms with Crippen molar-refractivity contribution < 1.29 is 9.47 Å². The molecule has 5 nitrogen and oxygen atoms in total. The molecule has 0 aromatic heterocycles. The van der Waals surface area contributed by atoms with Crippen LogP contribution in [0.4, 0.5) is 0 Å². The van der Waals surface area contributed by atoms with Gasteiger partial charge in [-0.15, -0.1) is 0 Å². The third-order valence-corrected chi connectivity index (χ3v) is 6.68. The van der Waals surface area contributed by atoms with Crippen LogP contribution in [0.15, 0.2) is 41.5 Å². The van der Waals surface area contributed by atoms with Crippen LogP contribution in [0.2, 0.25) is 0 Å². The highest BCUT2D eigenvalue weighted by Crippen LogP contribution is 2.52. The number of rotatable bonds is 2. The van der Waals surface area contributed by atoms with Crippen LogP contribution in [0.25, 0.3) is 0 Å². The van der Waals surface area contributed by atoms with Crippen molar-refractivity contribution in [3.63, 3.8) is 0 Å². The molecule has 1 fully saturated rings. The van der Waals surface area contributed by atoms with Crippen LogP contribution in [0.5, 0.6) is 11.5 Å². The van der Waals surface area contributed by atoms with Gasteiger partial charge in [0, 0.05) is 43.5 Å². The second-order valence-corrected chi connectivity index (χ2v) is 8.66. The highest BCUT2D eigenvalue weighted by molar-refractivity contribution is 6.03. The van der Waals surface area contributed by atoms with Gasteiger partial charge in [0.1, 0.15) is 0 Å². The van der Waals surface area contributed by atoms with Gasteiger partial charge >= 0.3 is 0 Å². The molecule has 1 atom stereocenters. The first-order chi connectivity index (χ1) is 14.0. The number of nitrogens with zero attached hydrogens (tertiary/aromatic N) is 3. The summed E-state index contributed by atoms with van der Waals surface area (Å²) in [6.45, 7) is 6.32. The number of fused-ring (bicyclic) bond motifs is 4. The highest BCUT2D eigenvalue weighted by Gasteiger charge is 2.52. The molecule has 0 saturated carbocycles. The van der Waals surface area contributed by atoms with Gasteiger partial charge in [-0.3, -0.25) is 0 Å². The molecule has 3 aliphatic rings. The van der Waals surface area contributed by atoms with Crippen LogP contribution in [0, 0.1) is 13.8 Å². The Balaban J connectivity index is 1.63. The van der Waals surface area contributed by atoms with Crippen LogP contribution < -0.4 is 9.47 Å². The Kier molecular flexibility index (Phi) is 4.32. The number of likely N-dealkylation sites (tertiary alicyclic amines) is 1. The standard InChI is InChI=1S/C24H29N3O2/c1-16-8-9-17(2)19(14-16)20-15-21-18-6-5-7-22(28-4)23(18)29-24(27(21)25-20)10-12-26(3)13-11-24/h5-9,14,21H,10-13,15H2,1-4H3/t21-/m0/s1. The number of hydrazone groups is 1. The summed E-state index contributed by atoms with van der Waals surface area (Å²) in [7, 11) is 3.90. The normalized spacial score (nSPS) is 22.7. The second-order valence-electron chi connectivity index (χ2n) is 8.66. The van der Waals surface area contributed by atoms with Crippen molar-refractivity contribution >= 4 is 5.71 Å². The average Bonchev–Trinajstić information content (AvgIpc) is 3.18. The predicted octanol–water partition coefficient (Wildman–Crippen LogP) is 4.28. The number of benzene rings is 2. The lowest BCUT2D eigenvalue weighted by Crippen LogP contribution is -2.58. The Morgan fingerprint density at radius 3 is 2.69 bits per heavy atom. The molecule has 152 valence electrons. The molecule has 0 amide bonds. The van der Waals surface area contributed by atoms with E-state index in [1.54, 1.807) is 7.11 Å². The SMILES string of the molecule is COc1cccc2c1OC1(CCN(C)CC1)N1N=C(c3cc(C)ccc3C)C[C@@H]21. The molecule has 3 aliphatic heterocycles. The fraction of sp³-hybridized carbons (Fsp3) is 0.458. The summed E-state index contributed by atoms with van der Waals surface area (Å²) in [4.78, 5) is 2.37. The maximum Gasteiger partial charge on any atom is 0.200 e. The fourth-order valence-corrected chi connectivity index (χ4v) is 4.94. The first-order valence-corrected chi connectivity index (χ1v) is 10.5. The molecule has 0 bridgehead atoms. The molecule has 0 radical (unpaired) electrons. The van der Waals surface area contributed by atoms with Gasteiger partial charge < -0.3 is 14.4 Å². The third kappa shape index (κ3) is 2.91. The topological polar surface area (TPSA) is 37.3 Å². The smallest absolute Gasteiger partial charge is 0.200 e. The monoisotopic (exact) mass is 391 g/mol. The molecule has 5 rings (SSSR count). The molecule has 0 unspecified atom stereocenters. The van der Waals surface area contributed by atoms with Crippen molar-refractivity contribution in [2.45, 2.75) is 44.9 Å². The Labute approximate surface area is 172 Å². The summed E-state index contributed by atoms with van der Waals surface area (Å²) in [5, 5.41) is 7.48. The molecule has 0 N–H and O–H groups in total. The van der Waals surface area contributed by atoms with Crippen molar-refractivity contribution in [3.05, 3.63) is 58.7 Å². The highest BCUT2D eigenvalue weighted by atomic mass is 16.5. The van der Waals surface area contributed by atoms with Gasteiger partial charge in [0.15, 0.2) is 11.5 Å². The zero-order chi connectivity index (χ0) is 20.2. The van der Waals surface area contributed by atoms with Gasteiger partial charge in [0.05, 0.1) is 18.9 Å².